The highest BCUT2D eigenvalue weighted by Gasteiger charge is 2.54. The fourth-order valence-electron chi connectivity index (χ4n) is 6.15. The van der Waals surface area contributed by atoms with E-state index in [0.717, 1.165) is 41.9 Å². The SMILES string of the molecule is C=C[C@H]1C[N+]2(Cc3ccc(F)c(F)c3F)CC[C@H]1C[C@@H]2[C@@H](O)c1ccnc2ccc(OC)cc12. The van der Waals surface area contributed by atoms with Gasteiger partial charge in [0.25, 0.3) is 0 Å². The van der Waals surface area contributed by atoms with Crippen molar-refractivity contribution in [1.82, 2.24) is 4.98 Å². The normalized spacial score (nSPS) is 27.0. The summed E-state index contributed by atoms with van der Waals surface area (Å²) in [6.07, 6.45) is 4.41. The van der Waals surface area contributed by atoms with Crippen molar-refractivity contribution in [2.75, 3.05) is 20.2 Å². The van der Waals surface area contributed by atoms with Crippen LogP contribution in [-0.4, -0.2) is 40.8 Å². The molecule has 2 aromatic carbocycles. The van der Waals surface area contributed by atoms with Gasteiger partial charge in [-0.2, -0.15) is 0 Å². The van der Waals surface area contributed by atoms with Gasteiger partial charge in [0.05, 0.1) is 25.7 Å². The first-order valence-corrected chi connectivity index (χ1v) is 11.6. The lowest BCUT2D eigenvalue weighted by Gasteiger charge is -2.58. The average Bonchev–Trinajstić information content (AvgIpc) is 2.88. The minimum atomic E-state index is -1.45. The molecular weight excluding hydrogens is 441 g/mol. The Morgan fingerprint density at radius 3 is 2.79 bits per heavy atom. The molecule has 5 atom stereocenters. The van der Waals surface area contributed by atoms with Crippen LogP contribution in [-0.2, 0) is 6.54 Å². The van der Waals surface area contributed by atoms with E-state index in [9.17, 15) is 18.3 Å². The van der Waals surface area contributed by atoms with Crippen LogP contribution >= 0.6 is 0 Å². The molecule has 6 rings (SSSR count). The molecule has 4 nitrogen and oxygen atoms in total. The largest absolute Gasteiger partial charge is 0.497 e. The van der Waals surface area contributed by atoms with Crippen molar-refractivity contribution in [3.8, 4) is 5.75 Å². The van der Waals surface area contributed by atoms with Gasteiger partial charge in [0.2, 0.25) is 0 Å². The first-order valence-electron chi connectivity index (χ1n) is 11.6. The van der Waals surface area contributed by atoms with Crippen LogP contribution in [0.4, 0.5) is 13.2 Å². The molecule has 1 N–H and O–H groups in total. The first kappa shape index (κ1) is 22.9. The summed E-state index contributed by atoms with van der Waals surface area (Å²) in [5.41, 5.74) is 1.61. The number of pyridine rings is 1. The van der Waals surface area contributed by atoms with Gasteiger partial charge in [-0.1, -0.05) is 6.08 Å². The number of rotatable bonds is 6. The fraction of sp³-hybridized carbons (Fsp3) is 0.370. The maximum Gasteiger partial charge on any atom is 0.194 e. The molecule has 3 aromatic rings. The summed E-state index contributed by atoms with van der Waals surface area (Å²) in [5, 5.41) is 12.6. The van der Waals surface area contributed by atoms with E-state index in [4.69, 9.17) is 4.74 Å². The van der Waals surface area contributed by atoms with E-state index in [1.54, 1.807) is 13.3 Å². The van der Waals surface area contributed by atoms with Gasteiger partial charge >= 0.3 is 0 Å². The molecule has 34 heavy (non-hydrogen) atoms. The van der Waals surface area contributed by atoms with Gasteiger partial charge in [-0.15, -0.1) is 6.58 Å². The van der Waals surface area contributed by atoms with Crippen LogP contribution in [0.2, 0.25) is 0 Å². The molecule has 0 radical (unpaired) electrons. The average molecular weight is 470 g/mol. The summed E-state index contributed by atoms with van der Waals surface area (Å²) < 4.78 is 48.1. The van der Waals surface area contributed by atoms with Crippen LogP contribution in [0.3, 0.4) is 0 Å². The highest BCUT2D eigenvalue weighted by atomic mass is 19.2. The molecule has 4 heterocycles. The zero-order valence-electron chi connectivity index (χ0n) is 19.1. The number of ether oxygens (including phenoxy) is 1. The van der Waals surface area contributed by atoms with Crippen molar-refractivity contribution < 1.29 is 27.5 Å². The molecule has 0 aliphatic carbocycles. The minimum Gasteiger partial charge on any atom is -0.497 e. The van der Waals surface area contributed by atoms with E-state index in [0.29, 0.717) is 22.7 Å². The van der Waals surface area contributed by atoms with Crippen molar-refractivity contribution in [2.24, 2.45) is 11.8 Å². The van der Waals surface area contributed by atoms with Gasteiger partial charge < -0.3 is 14.3 Å². The number of aliphatic hydroxyl groups is 1. The molecule has 0 saturated carbocycles. The Kier molecular flexibility index (Phi) is 5.86. The number of benzene rings is 2. The molecule has 0 spiro atoms. The standard InChI is InChI=1S/C27H28F3N2O2/c1-3-16-14-32(15-18-4-6-22(28)26(30)25(18)29)11-9-17(16)12-24(32)27(33)20-8-10-31-23-7-5-19(34-2)13-21(20)23/h3-8,10,13,16-17,24,27,33H,1,9,11-12,14-15H2,2H3/q+1/t16-,17-,24+,27-,32?/m0/s1. The Hall–Kier alpha value is -2.90. The number of hydrogen-bond donors (Lipinski definition) is 1. The van der Waals surface area contributed by atoms with Gasteiger partial charge in [0, 0.05) is 35.9 Å². The summed E-state index contributed by atoms with van der Waals surface area (Å²) in [4.78, 5) is 4.42. The molecule has 3 saturated heterocycles. The summed E-state index contributed by atoms with van der Waals surface area (Å²) in [6, 6.07) is 9.42. The number of quaternary nitrogens is 1. The van der Waals surface area contributed by atoms with Crippen LogP contribution in [0.1, 0.15) is 30.1 Å². The van der Waals surface area contributed by atoms with Crippen LogP contribution in [0.25, 0.3) is 10.9 Å². The quantitative estimate of drug-likeness (QED) is 0.302. The van der Waals surface area contributed by atoms with E-state index in [2.05, 4.69) is 11.6 Å². The molecule has 3 aliphatic rings. The van der Waals surface area contributed by atoms with Gasteiger partial charge in [-0.05, 0) is 47.9 Å². The number of halogens is 3. The molecule has 2 bridgehead atoms. The van der Waals surface area contributed by atoms with Gasteiger partial charge in [0.15, 0.2) is 17.5 Å². The Morgan fingerprint density at radius 2 is 2.03 bits per heavy atom. The van der Waals surface area contributed by atoms with Crippen LogP contribution < -0.4 is 4.74 Å². The molecular formula is C27H28F3N2O2+. The van der Waals surface area contributed by atoms with Gasteiger partial charge in [-0.25, -0.2) is 13.2 Å². The van der Waals surface area contributed by atoms with Crippen LogP contribution in [0.15, 0.2) is 55.3 Å². The Balaban J connectivity index is 1.58. The monoisotopic (exact) mass is 469 g/mol. The van der Waals surface area contributed by atoms with E-state index in [1.165, 1.54) is 6.07 Å². The summed E-state index contributed by atoms with van der Waals surface area (Å²) in [5.74, 6) is -2.54. The van der Waals surface area contributed by atoms with E-state index >= 15 is 0 Å². The maximum absolute atomic E-state index is 14.7. The van der Waals surface area contributed by atoms with E-state index < -0.39 is 23.6 Å². The number of aromatic nitrogens is 1. The smallest absolute Gasteiger partial charge is 0.194 e. The maximum atomic E-state index is 14.7. The number of fused-ring (bicyclic) bond motifs is 4. The highest BCUT2D eigenvalue weighted by Crippen LogP contribution is 2.48. The van der Waals surface area contributed by atoms with Crippen molar-refractivity contribution in [3.63, 3.8) is 0 Å². The summed E-state index contributed by atoms with van der Waals surface area (Å²) >= 11 is 0. The highest BCUT2D eigenvalue weighted by molar-refractivity contribution is 5.83. The number of nitrogens with zero attached hydrogens (tertiary/aromatic N) is 2. The Labute approximate surface area is 196 Å². The summed E-state index contributed by atoms with van der Waals surface area (Å²) in [6.45, 7) is 5.56. The third-order valence-electron chi connectivity index (χ3n) is 7.94. The van der Waals surface area contributed by atoms with Crippen molar-refractivity contribution >= 4 is 10.9 Å². The molecule has 0 amide bonds. The first-order chi connectivity index (χ1) is 16.4. The number of aliphatic hydroxyl groups excluding tert-OH is 1. The lowest BCUT2D eigenvalue weighted by Crippen LogP contribution is -2.67. The molecule has 3 aliphatic heterocycles. The van der Waals surface area contributed by atoms with Crippen molar-refractivity contribution in [2.45, 2.75) is 31.5 Å². The van der Waals surface area contributed by atoms with Gasteiger partial charge in [-0.3, -0.25) is 4.98 Å². The Morgan fingerprint density at radius 1 is 1.21 bits per heavy atom. The van der Waals surface area contributed by atoms with Crippen LogP contribution in [0.5, 0.6) is 5.75 Å². The van der Waals surface area contributed by atoms with Crippen molar-refractivity contribution in [1.29, 1.82) is 0 Å². The third-order valence-corrected chi connectivity index (χ3v) is 7.94. The number of piperidine rings is 3. The lowest BCUT2D eigenvalue weighted by molar-refractivity contribution is -0.985. The Bertz CT molecular complexity index is 1250. The topological polar surface area (TPSA) is 42.4 Å². The second-order valence-electron chi connectivity index (χ2n) is 9.60. The van der Waals surface area contributed by atoms with E-state index in [-0.39, 0.29) is 24.1 Å². The second-order valence-corrected chi connectivity index (χ2v) is 9.60. The van der Waals surface area contributed by atoms with E-state index in [1.807, 2.05) is 30.3 Å². The molecule has 178 valence electrons. The number of hydrogen-bond acceptors (Lipinski definition) is 3. The van der Waals surface area contributed by atoms with Crippen LogP contribution in [0, 0.1) is 29.3 Å². The lowest BCUT2D eigenvalue weighted by atomic mass is 9.71. The van der Waals surface area contributed by atoms with Crippen molar-refractivity contribution in [3.05, 3.63) is 83.8 Å². The third kappa shape index (κ3) is 3.67. The predicted molar refractivity (Wildman–Crippen MR) is 123 cm³/mol. The molecule has 1 aromatic heterocycles. The summed E-state index contributed by atoms with van der Waals surface area (Å²) in [7, 11) is 1.59. The molecule has 7 heteroatoms. The minimum absolute atomic E-state index is 0.125. The predicted octanol–water partition coefficient (Wildman–Crippen LogP) is 5.31. The molecule has 3 fully saturated rings. The second kappa shape index (κ2) is 8.71. The fourth-order valence-corrected chi connectivity index (χ4v) is 6.15. The van der Waals surface area contributed by atoms with Gasteiger partial charge in [0.1, 0.15) is 24.4 Å². The zero-order chi connectivity index (χ0) is 24.0. The number of methoxy groups -OCH3 is 1. The molecule has 1 unspecified atom stereocenters. The zero-order valence-corrected chi connectivity index (χ0v) is 19.1.